The molecule has 0 aliphatic carbocycles. The van der Waals surface area contributed by atoms with Gasteiger partial charge in [-0.3, -0.25) is 19.3 Å². The average Bonchev–Trinajstić information content (AvgIpc) is 3.05. The summed E-state index contributed by atoms with van der Waals surface area (Å²) in [6, 6.07) is 17.2. The van der Waals surface area contributed by atoms with Crippen LogP contribution in [0.2, 0.25) is 5.02 Å². The second-order valence-corrected chi connectivity index (χ2v) is 8.52. The van der Waals surface area contributed by atoms with Crippen LogP contribution in [0.5, 0.6) is 11.5 Å². The van der Waals surface area contributed by atoms with Crippen LogP contribution in [0.3, 0.4) is 0 Å². The van der Waals surface area contributed by atoms with Crippen LogP contribution in [-0.2, 0) is 16.2 Å². The number of carbonyl (C=O) groups is 3. The minimum atomic E-state index is -1.27. The SMILES string of the molecule is COc1cc(/C=C2/SC(=O)N(CC(=O)O)C2=O)cc(Cl)c1OCc1cccc2ccccc12. The minimum Gasteiger partial charge on any atom is -0.493 e. The van der Waals surface area contributed by atoms with Gasteiger partial charge in [0.25, 0.3) is 11.1 Å². The van der Waals surface area contributed by atoms with E-state index in [0.29, 0.717) is 33.7 Å². The summed E-state index contributed by atoms with van der Waals surface area (Å²) in [6.45, 7) is -0.419. The Morgan fingerprint density at radius 3 is 2.67 bits per heavy atom. The zero-order valence-corrected chi connectivity index (χ0v) is 19.0. The van der Waals surface area contributed by atoms with Gasteiger partial charge in [0.1, 0.15) is 13.2 Å². The van der Waals surface area contributed by atoms with Crippen molar-refractivity contribution in [2.24, 2.45) is 0 Å². The molecule has 0 unspecified atom stereocenters. The number of methoxy groups -OCH3 is 1. The molecule has 1 aliphatic heterocycles. The Morgan fingerprint density at radius 2 is 1.91 bits per heavy atom. The second-order valence-electron chi connectivity index (χ2n) is 7.12. The third-order valence-corrected chi connectivity index (χ3v) is 6.16. The second kappa shape index (κ2) is 9.56. The van der Waals surface area contributed by atoms with Crippen molar-refractivity contribution < 1.29 is 29.0 Å². The lowest BCUT2D eigenvalue weighted by Crippen LogP contribution is -2.33. The highest BCUT2D eigenvalue weighted by Crippen LogP contribution is 2.39. The number of hydrogen-bond donors (Lipinski definition) is 1. The third kappa shape index (κ3) is 4.81. The highest BCUT2D eigenvalue weighted by Gasteiger charge is 2.36. The molecule has 3 aromatic carbocycles. The lowest BCUT2D eigenvalue weighted by Gasteiger charge is -2.14. The molecular weight excluding hydrogens is 466 g/mol. The average molecular weight is 484 g/mol. The lowest BCUT2D eigenvalue weighted by molar-refractivity contribution is -0.140. The van der Waals surface area contributed by atoms with Gasteiger partial charge in [-0.25, -0.2) is 0 Å². The fourth-order valence-electron chi connectivity index (χ4n) is 3.45. The lowest BCUT2D eigenvalue weighted by atomic mass is 10.1. The van der Waals surface area contributed by atoms with Crippen molar-refractivity contribution in [3.63, 3.8) is 0 Å². The first-order chi connectivity index (χ1) is 15.9. The van der Waals surface area contributed by atoms with E-state index in [2.05, 4.69) is 0 Å². The molecule has 9 heteroatoms. The van der Waals surface area contributed by atoms with Crippen molar-refractivity contribution in [1.29, 1.82) is 0 Å². The van der Waals surface area contributed by atoms with Crippen molar-refractivity contribution in [3.05, 3.63) is 75.7 Å². The van der Waals surface area contributed by atoms with E-state index in [1.165, 1.54) is 13.2 Å². The van der Waals surface area contributed by atoms with Gasteiger partial charge in [0, 0.05) is 0 Å². The van der Waals surface area contributed by atoms with Crippen molar-refractivity contribution in [3.8, 4) is 11.5 Å². The zero-order valence-electron chi connectivity index (χ0n) is 17.4. The molecule has 7 nitrogen and oxygen atoms in total. The number of carbonyl (C=O) groups excluding carboxylic acids is 2. The number of imide groups is 1. The first kappa shape index (κ1) is 22.7. The van der Waals surface area contributed by atoms with Crippen molar-refractivity contribution in [2.75, 3.05) is 13.7 Å². The Labute approximate surface area is 198 Å². The van der Waals surface area contributed by atoms with Gasteiger partial charge >= 0.3 is 5.97 Å². The number of halogens is 1. The molecule has 0 spiro atoms. The van der Waals surface area contributed by atoms with E-state index in [-0.39, 0.29) is 16.5 Å². The molecule has 3 aromatic rings. The molecule has 1 aliphatic rings. The van der Waals surface area contributed by atoms with Crippen LogP contribution in [0.25, 0.3) is 16.8 Å². The number of fused-ring (bicyclic) bond motifs is 1. The van der Waals surface area contributed by atoms with Gasteiger partial charge in [0.15, 0.2) is 11.5 Å². The monoisotopic (exact) mass is 483 g/mol. The van der Waals surface area contributed by atoms with Crippen molar-refractivity contribution in [1.82, 2.24) is 4.90 Å². The largest absolute Gasteiger partial charge is 0.493 e. The number of carboxylic acid groups (broad SMARTS) is 1. The number of carboxylic acids is 1. The molecule has 168 valence electrons. The highest BCUT2D eigenvalue weighted by molar-refractivity contribution is 8.18. The van der Waals surface area contributed by atoms with Gasteiger partial charge in [-0.15, -0.1) is 0 Å². The highest BCUT2D eigenvalue weighted by atomic mass is 35.5. The Kier molecular flexibility index (Phi) is 6.57. The number of benzene rings is 3. The first-order valence-electron chi connectivity index (χ1n) is 9.81. The van der Waals surface area contributed by atoms with E-state index in [9.17, 15) is 14.4 Å². The zero-order chi connectivity index (χ0) is 23.5. The molecule has 1 N–H and O–H groups in total. The van der Waals surface area contributed by atoms with Crippen LogP contribution >= 0.6 is 23.4 Å². The number of thioether (sulfide) groups is 1. The van der Waals surface area contributed by atoms with Crippen LogP contribution in [-0.4, -0.2) is 40.8 Å². The summed E-state index contributed by atoms with van der Waals surface area (Å²) in [4.78, 5) is 36.0. The van der Waals surface area contributed by atoms with Crippen LogP contribution in [0.15, 0.2) is 59.5 Å². The van der Waals surface area contributed by atoms with E-state index in [4.69, 9.17) is 26.2 Å². The number of amides is 2. The molecule has 0 bridgehead atoms. The fourth-order valence-corrected chi connectivity index (χ4v) is 4.57. The van der Waals surface area contributed by atoms with Gasteiger partial charge < -0.3 is 14.6 Å². The number of hydrogen-bond acceptors (Lipinski definition) is 6. The maximum absolute atomic E-state index is 12.4. The predicted molar refractivity (Wildman–Crippen MR) is 127 cm³/mol. The van der Waals surface area contributed by atoms with Crippen LogP contribution in [0.1, 0.15) is 11.1 Å². The first-order valence-corrected chi connectivity index (χ1v) is 11.0. The Balaban J connectivity index is 1.59. The van der Waals surface area contributed by atoms with Gasteiger partial charge in [-0.2, -0.15) is 0 Å². The maximum atomic E-state index is 12.4. The molecule has 4 rings (SSSR count). The summed E-state index contributed by atoms with van der Waals surface area (Å²) in [5.41, 5.74) is 1.50. The standard InChI is InChI=1S/C24H18ClNO6S/c1-31-19-10-14(11-20-23(29)26(12-21(27)28)24(30)33-20)9-18(25)22(19)32-13-16-7-4-6-15-5-2-3-8-17(15)16/h2-11H,12-13H2,1H3,(H,27,28)/b20-11+. The van der Waals surface area contributed by atoms with Gasteiger partial charge in [0.05, 0.1) is 17.0 Å². The van der Waals surface area contributed by atoms with Crippen molar-refractivity contribution in [2.45, 2.75) is 6.61 Å². The third-order valence-electron chi connectivity index (χ3n) is 4.97. The summed E-state index contributed by atoms with van der Waals surface area (Å²) in [7, 11) is 1.47. The summed E-state index contributed by atoms with van der Waals surface area (Å²) >= 11 is 7.14. The Hall–Kier alpha value is -3.49. The maximum Gasteiger partial charge on any atom is 0.323 e. The van der Waals surface area contributed by atoms with Crippen LogP contribution < -0.4 is 9.47 Å². The van der Waals surface area contributed by atoms with Crippen LogP contribution in [0.4, 0.5) is 4.79 Å². The summed E-state index contributed by atoms with van der Waals surface area (Å²) in [6.07, 6.45) is 1.47. The summed E-state index contributed by atoms with van der Waals surface area (Å²) in [5.74, 6) is -1.23. The molecule has 0 aromatic heterocycles. The van der Waals surface area contributed by atoms with E-state index < -0.39 is 23.7 Å². The summed E-state index contributed by atoms with van der Waals surface area (Å²) < 4.78 is 11.4. The molecule has 0 atom stereocenters. The van der Waals surface area contributed by atoms with Crippen LogP contribution in [0, 0.1) is 0 Å². The normalized spacial score (nSPS) is 14.8. The summed E-state index contributed by atoms with van der Waals surface area (Å²) in [5, 5.41) is 10.7. The predicted octanol–water partition coefficient (Wildman–Crippen LogP) is 5.20. The molecule has 33 heavy (non-hydrogen) atoms. The van der Waals surface area contributed by atoms with Gasteiger partial charge in [0.2, 0.25) is 0 Å². The van der Waals surface area contributed by atoms with E-state index in [1.54, 1.807) is 12.1 Å². The van der Waals surface area contributed by atoms with Gasteiger partial charge in [-0.05, 0) is 51.9 Å². The number of aliphatic carboxylic acids is 1. The topological polar surface area (TPSA) is 93.1 Å². The molecule has 0 saturated carbocycles. The Bertz CT molecular complexity index is 1300. The fraction of sp³-hybridized carbons (Fsp3) is 0.125. The smallest absolute Gasteiger partial charge is 0.323 e. The number of nitrogens with zero attached hydrogens (tertiary/aromatic N) is 1. The van der Waals surface area contributed by atoms with Gasteiger partial charge in [-0.1, -0.05) is 54.1 Å². The molecule has 2 amide bonds. The molecule has 1 fully saturated rings. The molecular formula is C24H18ClNO6S. The minimum absolute atomic E-state index is 0.101. The molecule has 0 radical (unpaired) electrons. The molecule has 1 saturated heterocycles. The number of ether oxygens (including phenoxy) is 2. The van der Waals surface area contributed by atoms with Crippen molar-refractivity contribution >= 4 is 57.3 Å². The Morgan fingerprint density at radius 1 is 1.15 bits per heavy atom. The van der Waals surface area contributed by atoms with E-state index in [1.807, 2.05) is 42.5 Å². The quantitative estimate of drug-likeness (QED) is 0.461. The molecule has 1 heterocycles. The van der Waals surface area contributed by atoms with E-state index >= 15 is 0 Å². The van der Waals surface area contributed by atoms with E-state index in [0.717, 1.165) is 16.3 Å². The number of rotatable bonds is 7.